The van der Waals surface area contributed by atoms with Gasteiger partial charge in [-0.3, -0.25) is 4.79 Å². The number of anilines is 1. The van der Waals surface area contributed by atoms with Crippen LogP contribution in [0.15, 0.2) is 54.6 Å². The molecule has 0 aliphatic carbocycles. The van der Waals surface area contributed by atoms with Crippen LogP contribution in [0.2, 0.25) is 0 Å². The van der Waals surface area contributed by atoms with E-state index in [1.165, 1.54) is 12.1 Å². The van der Waals surface area contributed by atoms with E-state index in [9.17, 15) is 9.18 Å². The summed E-state index contributed by atoms with van der Waals surface area (Å²) in [4.78, 5) is 26.6. The summed E-state index contributed by atoms with van der Waals surface area (Å²) in [5, 5.41) is 0. The Kier molecular flexibility index (Phi) is 5.98. The third kappa shape index (κ3) is 4.43. The van der Waals surface area contributed by atoms with E-state index in [1.54, 1.807) is 12.1 Å². The van der Waals surface area contributed by atoms with Crippen molar-refractivity contribution in [1.82, 2.24) is 14.9 Å². The Labute approximate surface area is 182 Å². The number of aryl methyl sites for hydroxylation is 1. The summed E-state index contributed by atoms with van der Waals surface area (Å²) in [6.45, 7) is 8.93. The van der Waals surface area contributed by atoms with Gasteiger partial charge >= 0.3 is 0 Å². The second-order valence-corrected chi connectivity index (χ2v) is 8.18. The Morgan fingerprint density at radius 2 is 1.58 bits per heavy atom. The Morgan fingerprint density at radius 1 is 0.935 bits per heavy atom. The smallest absolute Gasteiger partial charge is 0.253 e. The van der Waals surface area contributed by atoms with Crippen LogP contribution in [0.25, 0.3) is 11.4 Å². The van der Waals surface area contributed by atoms with Crippen molar-refractivity contribution < 1.29 is 9.18 Å². The molecule has 2 heterocycles. The van der Waals surface area contributed by atoms with E-state index in [-0.39, 0.29) is 11.7 Å². The molecule has 31 heavy (non-hydrogen) atoms. The van der Waals surface area contributed by atoms with Crippen LogP contribution in [0, 0.1) is 12.7 Å². The molecule has 1 fully saturated rings. The van der Waals surface area contributed by atoms with Gasteiger partial charge in [-0.25, -0.2) is 14.4 Å². The summed E-state index contributed by atoms with van der Waals surface area (Å²) in [7, 11) is 0. The topological polar surface area (TPSA) is 49.3 Å². The molecule has 2 aromatic carbocycles. The first-order valence-corrected chi connectivity index (χ1v) is 10.7. The highest BCUT2D eigenvalue weighted by molar-refractivity contribution is 5.94. The minimum atomic E-state index is -0.337. The zero-order valence-corrected chi connectivity index (χ0v) is 18.2. The molecule has 0 bridgehead atoms. The molecule has 1 aliphatic rings. The van der Waals surface area contributed by atoms with Gasteiger partial charge in [0.15, 0.2) is 5.82 Å². The van der Waals surface area contributed by atoms with Gasteiger partial charge in [0.05, 0.1) is 0 Å². The van der Waals surface area contributed by atoms with Crippen molar-refractivity contribution in [3.8, 4) is 11.4 Å². The van der Waals surface area contributed by atoms with Crippen molar-refractivity contribution in [1.29, 1.82) is 0 Å². The number of halogens is 1. The fourth-order valence-corrected chi connectivity index (χ4v) is 4.10. The van der Waals surface area contributed by atoms with Crippen molar-refractivity contribution in [3.63, 3.8) is 0 Å². The van der Waals surface area contributed by atoms with E-state index < -0.39 is 0 Å². The third-order valence-electron chi connectivity index (χ3n) is 5.68. The molecule has 0 spiro atoms. The quantitative estimate of drug-likeness (QED) is 0.617. The zero-order valence-electron chi connectivity index (χ0n) is 18.2. The van der Waals surface area contributed by atoms with E-state index in [4.69, 9.17) is 9.97 Å². The monoisotopic (exact) mass is 418 g/mol. The van der Waals surface area contributed by atoms with Crippen molar-refractivity contribution in [2.75, 3.05) is 31.1 Å². The minimum absolute atomic E-state index is 0.0624. The molecule has 0 unspecified atom stereocenters. The lowest BCUT2D eigenvalue weighted by atomic mass is 10.0. The Morgan fingerprint density at radius 3 is 2.19 bits per heavy atom. The second kappa shape index (κ2) is 8.84. The molecule has 0 atom stereocenters. The van der Waals surface area contributed by atoms with Gasteiger partial charge < -0.3 is 9.80 Å². The van der Waals surface area contributed by atoms with Gasteiger partial charge in [0, 0.05) is 48.6 Å². The van der Waals surface area contributed by atoms with Crippen molar-refractivity contribution >= 4 is 11.7 Å². The van der Waals surface area contributed by atoms with Crippen molar-refractivity contribution in [3.05, 3.63) is 77.2 Å². The zero-order chi connectivity index (χ0) is 22.0. The first-order chi connectivity index (χ1) is 14.9. The third-order valence-corrected chi connectivity index (χ3v) is 5.68. The number of piperazine rings is 1. The maximum atomic E-state index is 13.2. The summed E-state index contributed by atoms with van der Waals surface area (Å²) in [5.41, 5.74) is 3.65. The number of benzene rings is 2. The largest absolute Gasteiger partial charge is 0.353 e. The standard InChI is InChI=1S/C25H27FN4O/c1-17(2)22-18(3)27-23(19-7-5-4-6-8-19)28-24(22)29-13-15-30(16-14-29)25(31)20-9-11-21(26)12-10-20/h4-12,17H,13-16H2,1-3H3. The van der Waals surface area contributed by atoms with Gasteiger partial charge in [-0.05, 0) is 37.1 Å². The second-order valence-electron chi connectivity index (χ2n) is 8.18. The molecule has 5 nitrogen and oxygen atoms in total. The maximum absolute atomic E-state index is 13.2. The highest BCUT2D eigenvalue weighted by Crippen LogP contribution is 2.31. The summed E-state index contributed by atoms with van der Waals surface area (Å²) in [6.07, 6.45) is 0. The molecule has 1 amide bonds. The molecule has 1 aromatic heterocycles. The Bertz CT molecular complexity index is 1060. The predicted molar refractivity (Wildman–Crippen MR) is 121 cm³/mol. The van der Waals surface area contributed by atoms with Gasteiger partial charge in [-0.2, -0.15) is 0 Å². The molecular weight excluding hydrogens is 391 g/mol. The molecule has 6 heteroatoms. The number of carbonyl (C=O) groups excluding carboxylic acids is 1. The van der Waals surface area contributed by atoms with Crippen LogP contribution < -0.4 is 4.90 Å². The molecule has 1 saturated heterocycles. The summed E-state index contributed by atoms with van der Waals surface area (Å²) >= 11 is 0. The van der Waals surface area contributed by atoms with Crippen LogP contribution in [0.4, 0.5) is 10.2 Å². The van der Waals surface area contributed by atoms with E-state index in [0.717, 1.165) is 28.5 Å². The Hall–Kier alpha value is -3.28. The van der Waals surface area contributed by atoms with E-state index in [2.05, 4.69) is 18.7 Å². The fraction of sp³-hybridized carbons (Fsp3) is 0.320. The van der Waals surface area contributed by atoms with Gasteiger partial charge in [0.25, 0.3) is 5.91 Å². The van der Waals surface area contributed by atoms with Crippen LogP contribution in [0.5, 0.6) is 0 Å². The minimum Gasteiger partial charge on any atom is -0.353 e. The molecule has 0 saturated carbocycles. The van der Waals surface area contributed by atoms with E-state index in [0.29, 0.717) is 37.7 Å². The average Bonchev–Trinajstić information content (AvgIpc) is 2.79. The number of nitrogens with zero attached hydrogens (tertiary/aromatic N) is 4. The lowest BCUT2D eigenvalue weighted by Crippen LogP contribution is -2.49. The van der Waals surface area contributed by atoms with Crippen LogP contribution >= 0.6 is 0 Å². The van der Waals surface area contributed by atoms with Gasteiger partial charge in [-0.1, -0.05) is 44.2 Å². The van der Waals surface area contributed by atoms with Crippen LogP contribution in [0.1, 0.15) is 41.4 Å². The first-order valence-electron chi connectivity index (χ1n) is 10.7. The highest BCUT2D eigenvalue weighted by Gasteiger charge is 2.26. The van der Waals surface area contributed by atoms with E-state index >= 15 is 0 Å². The Balaban J connectivity index is 1.58. The van der Waals surface area contributed by atoms with Crippen molar-refractivity contribution in [2.45, 2.75) is 26.7 Å². The SMILES string of the molecule is Cc1nc(-c2ccccc2)nc(N2CCN(C(=O)c3ccc(F)cc3)CC2)c1C(C)C. The molecule has 1 aliphatic heterocycles. The number of rotatable bonds is 4. The lowest BCUT2D eigenvalue weighted by Gasteiger charge is -2.37. The average molecular weight is 419 g/mol. The summed E-state index contributed by atoms with van der Waals surface area (Å²) < 4.78 is 13.2. The van der Waals surface area contributed by atoms with Gasteiger partial charge in [0.1, 0.15) is 11.6 Å². The van der Waals surface area contributed by atoms with Crippen LogP contribution in [-0.4, -0.2) is 47.0 Å². The molecule has 4 rings (SSSR count). The predicted octanol–water partition coefficient (Wildman–Crippen LogP) is 4.68. The molecule has 0 N–H and O–H groups in total. The highest BCUT2D eigenvalue weighted by atomic mass is 19.1. The number of aromatic nitrogens is 2. The molecule has 3 aromatic rings. The number of hydrogen-bond acceptors (Lipinski definition) is 4. The van der Waals surface area contributed by atoms with Crippen LogP contribution in [-0.2, 0) is 0 Å². The molecular formula is C25H27FN4O. The lowest BCUT2D eigenvalue weighted by molar-refractivity contribution is 0.0746. The van der Waals surface area contributed by atoms with Gasteiger partial charge in [-0.15, -0.1) is 0 Å². The summed E-state index contributed by atoms with van der Waals surface area (Å²) in [5.74, 6) is 1.57. The molecule has 160 valence electrons. The maximum Gasteiger partial charge on any atom is 0.253 e. The fourth-order valence-electron chi connectivity index (χ4n) is 4.10. The van der Waals surface area contributed by atoms with E-state index in [1.807, 2.05) is 42.2 Å². The number of carbonyl (C=O) groups is 1. The van der Waals surface area contributed by atoms with Crippen molar-refractivity contribution in [2.24, 2.45) is 0 Å². The number of hydrogen-bond donors (Lipinski definition) is 0. The normalized spacial score (nSPS) is 14.2. The van der Waals surface area contributed by atoms with Gasteiger partial charge in [0.2, 0.25) is 0 Å². The number of amides is 1. The summed E-state index contributed by atoms with van der Waals surface area (Å²) in [6, 6.07) is 15.7. The molecule has 0 radical (unpaired) electrons. The van der Waals surface area contributed by atoms with Crippen LogP contribution in [0.3, 0.4) is 0 Å². The first kappa shape index (κ1) is 21.0.